The van der Waals surface area contributed by atoms with Crippen molar-refractivity contribution in [2.75, 3.05) is 20.3 Å². The Kier molecular flexibility index (Phi) is 14.4. The Balaban J connectivity index is 2.00. The first-order chi connectivity index (χ1) is 17.6. The zero-order valence-corrected chi connectivity index (χ0v) is 23.5. The fourth-order valence-electron chi connectivity index (χ4n) is 6.41. The van der Waals surface area contributed by atoms with E-state index in [4.69, 9.17) is 19.9 Å². The molecular weight excluding hydrogens is 476 g/mol. The first-order valence-corrected chi connectivity index (χ1v) is 14.4. The molecule has 0 aromatic rings. The van der Waals surface area contributed by atoms with Crippen LogP contribution in [-0.2, 0) is 23.8 Å². The maximum absolute atomic E-state index is 11.9. The molecule has 216 valence electrons. The Morgan fingerprint density at radius 1 is 1.03 bits per heavy atom. The fourth-order valence-corrected chi connectivity index (χ4v) is 6.41. The minimum Gasteiger partial charge on any atom is -0.462 e. The lowest BCUT2D eigenvalue weighted by Crippen LogP contribution is -2.94. The van der Waals surface area contributed by atoms with Crippen LogP contribution >= 0.6 is 0 Å². The molecule has 0 amide bonds. The number of carbonyl (C=O) groups is 2. The molecular formula is C28H53N2O7+. The highest BCUT2D eigenvalue weighted by Crippen LogP contribution is 2.39. The molecule has 6 N–H and O–H groups in total. The van der Waals surface area contributed by atoms with Crippen molar-refractivity contribution in [2.24, 2.45) is 29.4 Å². The summed E-state index contributed by atoms with van der Waals surface area (Å²) in [6.07, 6.45) is 7.73. The normalized spacial score (nSPS) is 30.8. The Morgan fingerprint density at radius 2 is 1.70 bits per heavy atom. The van der Waals surface area contributed by atoms with Crippen LogP contribution in [0, 0.1) is 23.7 Å². The van der Waals surface area contributed by atoms with E-state index >= 15 is 0 Å². The lowest BCUT2D eigenvalue weighted by atomic mass is 9.71. The summed E-state index contributed by atoms with van der Waals surface area (Å²) in [6, 6.07) is 0. The van der Waals surface area contributed by atoms with Gasteiger partial charge in [-0.05, 0) is 75.0 Å². The second kappa shape index (κ2) is 16.6. The number of esters is 2. The van der Waals surface area contributed by atoms with Crippen LogP contribution in [0.25, 0.3) is 0 Å². The highest BCUT2D eigenvalue weighted by atomic mass is 16.6. The van der Waals surface area contributed by atoms with E-state index in [2.05, 4.69) is 5.32 Å². The third kappa shape index (κ3) is 11.6. The third-order valence-corrected chi connectivity index (χ3v) is 8.47. The molecule has 0 aromatic heterocycles. The molecule has 2 rings (SSSR count). The van der Waals surface area contributed by atoms with Crippen LogP contribution in [0.1, 0.15) is 91.4 Å². The molecule has 0 aromatic carbocycles. The van der Waals surface area contributed by atoms with Gasteiger partial charge in [-0.25, -0.2) is 0 Å². The predicted octanol–water partition coefficient (Wildman–Crippen LogP) is 1.87. The minimum absolute atomic E-state index is 0.108. The maximum atomic E-state index is 11.9. The zero-order valence-electron chi connectivity index (χ0n) is 23.5. The van der Waals surface area contributed by atoms with Crippen LogP contribution < -0.4 is 11.1 Å². The second-order valence-electron chi connectivity index (χ2n) is 11.5. The van der Waals surface area contributed by atoms with E-state index < -0.39 is 6.10 Å². The predicted molar refractivity (Wildman–Crippen MR) is 140 cm³/mol. The van der Waals surface area contributed by atoms with Gasteiger partial charge in [0.2, 0.25) is 0 Å². The summed E-state index contributed by atoms with van der Waals surface area (Å²) in [5.41, 5.74) is 6.16. The molecule has 1 aliphatic heterocycles. The summed E-state index contributed by atoms with van der Waals surface area (Å²) < 4.78 is 16.9. The van der Waals surface area contributed by atoms with Gasteiger partial charge in [0.25, 0.3) is 0 Å². The van der Waals surface area contributed by atoms with Crippen molar-refractivity contribution in [3.63, 3.8) is 0 Å². The van der Waals surface area contributed by atoms with Gasteiger partial charge >= 0.3 is 11.9 Å². The van der Waals surface area contributed by atoms with Crippen molar-refractivity contribution < 1.29 is 39.3 Å². The quantitative estimate of drug-likeness (QED) is 0.235. The number of hydrogen-bond donors (Lipinski definition) is 4. The van der Waals surface area contributed by atoms with E-state index in [0.29, 0.717) is 31.1 Å². The highest BCUT2D eigenvalue weighted by Gasteiger charge is 2.39. The molecule has 1 aliphatic carbocycles. The Bertz CT molecular complexity index is 675. The van der Waals surface area contributed by atoms with Crippen molar-refractivity contribution in [3.8, 4) is 0 Å². The number of rotatable bonds is 15. The van der Waals surface area contributed by atoms with E-state index in [1.807, 2.05) is 6.92 Å². The Hall–Kier alpha value is -1.26. The summed E-state index contributed by atoms with van der Waals surface area (Å²) in [6.45, 7) is 5.99. The van der Waals surface area contributed by atoms with E-state index in [0.717, 1.165) is 57.9 Å². The Labute approximate surface area is 223 Å². The molecule has 1 saturated carbocycles. The van der Waals surface area contributed by atoms with Crippen molar-refractivity contribution in [2.45, 2.75) is 122 Å². The summed E-state index contributed by atoms with van der Waals surface area (Å²) in [7, 11) is 1.67. The number of hydrogen-bond acceptors (Lipinski definition) is 8. The molecule has 37 heavy (non-hydrogen) atoms. The molecule has 2 fully saturated rings. The van der Waals surface area contributed by atoms with Crippen molar-refractivity contribution >= 4 is 11.9 Å². The van der Waals surface area contributed by atoms with Crippen molar-refractivity contribution in [3.05, 3.63) is 0 Å². The number of ether oxygens (including phenoxy) is 3. The van der Waals surface area contributed by atoms with Gasteiger partial charge in [-0.1, -0.05) is 13.3 Å². The van der Waals surface area contributed by atoms with Crippen LogP contribution in [0.5, 0.6) is 0 Å². The van der Waals surface area contributed by atoms with Crippen molar-refractivity contribution in [1.29, 1.82) is 0 Å². The zero-order chi connectivity index (χ0) is 27.4. The fraction of sp³-hybridized carbons (Fsp3) is 0.929. The lowest BCUT2D eigenvalue weighted by Gasteiger charge is -2.41. The van der Waals surface area contributed by atoms with Crippen LogP contribution in [0.4, 0.5) is 0 Å². The molecule has 0 radical (unpaired) electrons. The topological polar surface area (TPSA) is 145 Å². The Morgan fingerprint density at radius 3 is 2.27 bits per heavy atom. The lowest BCUT2D eigenvalue weighted by molar-refractivity contribution is -0.699. The van der Waals surface area contributed by atoms with E-state index in [-0.39, 0.29) is 54.9 Å². The van der Waals surface area contributed by atoms with Gasteiger partial charge in [-0.3, -0.25) is 15.3 Å². The van der Waals surface area contributed by atoms with Gasteiger partial charge in [0.1, 0.15) is 18.4 Å². The number of nitrogens with two attached hydrogens (primary N) is 2. The number of piperidine rings is 1. The van der Waals surface area contributed by atoms with Crippen LogP contribution in [0.3, 0.4) is 0 Å². The molecule has 0 spiro atoms. The molecule has 9 unspecified atom stereocenters. The molecule has 1 saturated heterocycles. The average Bonchev–Trinajstić information content (AvgIpc) is 2.84. The highest BCUT2D eigenvalue weighted by molar-refractivity contribution is 5.66. The standard InChI is InChI=1S/C28H52N2O7/c1-5-20(17-31)6-8-24(36-18(2)32)16-25(37-19(3)33)9-7-21-12-23(28(34)26(14-21)35-4)13-22-10-11-30-27(29)15-22/h20-28,30-31,34H,5-17,29H2,1-4H3/p+1. The number of aliphatic hydroxyl groups is 2. The number of carbonyl (C=O) groups excluding carboxylic acids is 2. The van der Waals surface area contributed by atoms with Crippen LogP contribution in [0.2, 0.25) is 0 Å². The summed E-state index contributed by atoms with van der Waals surface area (Å²) in [5, 5.41) is 22.7. The van der Waals surface area contributed by atoms with Gasteiger partial charge in [0, 0.05) is 40.4 Å². The van der Waals surface area contributed by atoms with Gasteiger partial charge in [0.15, 0.2) is 0 Å². The third-order valence-electron chi connectivity index (χ3n) is 8.47. The maximum Gasteiger partial charge on any atom is 0.302 e. The largest absolute Gasteiger partial charge is 0.462 e. The molecule has 9 nitrogen and oxygen atoms in total. The molecule has 9 heteroatoms. The van der Waals surface area contributed by atoms with Gasteiger partial charge in [-0.15, -0.1) is 0 Å². The van der Waals surface area contributed by atoms with Crippen molar-refractivity contribution in [1.82, 2.24) is 0 Å². The number of quaternary nitrogens is 1. The first kappa shape index (κ1) is 32.0. The van der Waals surface area contributed by atoms with E-state index in [1.54, 1.807) is 7.11 Å². The molecule has 0 bridgehead atoms. The SMILES string of the molecule is CCC(CO)CCC(CC(CCC1CC(CC2CC[NH2+]C(N)C2)C(O)C(OC)C1)OC(C)=O)OC(C)=O. The van der Waals surface area contributed by atoms with Gasteiger partial charge in [-0.2, -0.15) is 0 Å². The van der Waals surface area contributed by atoms with Crippen LogP contribution in [0.15, 0.2) is 0 Å². The molecule has 1 heterocycles. The summed E-state index contributed by atoms with van der Waals surface area (Å²) >= 11 is 0. The molecule has 2 aliphatic rings. The van der Waals surface area contributed by atoms with E-state index in [9.17, 15) is 19.8 Å². The van der Waals surface area contributed by atoms with Gasteiger partial charge in [0.05, 0.1) is 18.8 Å². The smallest absolute Gasteiger partial charge is 0.302 e. The number of aliphatic hydroxyl groups excluding tert-OH is 2. The monoisotopic (exact) mass is 529 g/mol. The first-order valence-electron chi connectivity index (χ1n) is 14.4. The molecule has 9 atom stereocenters. The van der Waals surface area contributed by atoms with E-state index in [1.165, 1.54) is 13.8 Å². The minimum atomic E-state index is -0.473. The number of methoxy groups -OCH3 is 1. The van der Waals surface area contributed by atoms with Crippen LogP contribution in [-0.4, -0.2) is 73.0 Å². The summed E-state index contributed by atoms with van der Waals surface area (Å²) in [4.78, 5) is 23.6. The second-order valence-corrected chi connectivity index (χ2v) is 11.5. The van der Waals surface area contributed by atoms with Gasteiger partial charge < -0.3 is 29.7 Å². The average molecular weight is 530 g/mol. The summed E-state index contributed by atoms with van der Waals surface area (Å²) in [5.74, 6) is 0.524.